The van der Waals surface area contributed by atoms with Gasteiger partial charge < -0.3 is 19.9 Å². The van der Waals surface area contributed by atoms with Crippen molar-refractivity contribution in [2.75, 3.05) is 48.4 Å². The first-order valence-corrected chi connectivity index (χ1v) is 10.6. The van der Waals surface area contributed by atoms with Gasteiger partial charge in [-0.2, -0.15) is 0 Å². The second-order valence-corrected chi connectivity index (χ2v) is 8.08. The highest BCUT2D eigenvalue weighted by molar-refractivity contribution is 7.22. The van der Waals surface area contributed by atoms with E-state index in [4.69, 9.17) is 9.72 Å². The maximum atomic E-state index is 13.7. The predicted molar refractivity (Wildman–Crippen MR) is 120 cm³/mol. The van der Waals surface area contributed by atoms with Crippen LogP contribution in [0.5, 0.6) is 5.75 Å². The van der Waals surface area contributed by atoms with Gasteiger partial charge in [-0.05, 0) is 30.3 Å². The van der Waals surface area contributed by atoms with Crippen molar-refractivity contribution in [3.63, 3.8) is 0 Å². The molecule has 0 amide bonds. The van der Waals surface area contributed by atoms with E-state index in [1.54, 1.807) is 13.2 Å². The first-order valence-electron chi connectivity index (χ1n) is 9.83. The average molecular weight is 438 g/mol. The Labute approximate surface area is 182 Å². The highest BCUT2D eigenvalue weighted by atomic mass is 32.1. The second kappa shape index (κ2) is 8.31. The summed E-state index contributed by atoms with van der Waals surface area (Å²) in [7, 11) is 1.56. The van der Waals surface area contributed by atoms with E-state index in [2.05, 4.69) is 48.3 Å². The molecule has 10 heteroatoms. The molecule has 0 saturated carbocycles. The number of hydrogen-bond donors (Lipinski definition) is 1. The summed E-state index contributed by atoms with van der Waals surface area (Å²) < 4.78 is 20.0. The van der Waals surface area contributed by atoms with E-state index in [1.165, 1.54) is 36.1 Å². The van der Waals surface area contributed by atoms with Crippen molar-refractivity contribution >= 4 is 44.0 Å². The molecule has 1 aliphatic rings. The largest absolute Gasteiger partial charge is 0.495 e. The van der Waals surface area contributed by atoms with Gasteiger partial charge in [0.15, 0.2) is 5.13 Å². The third kappa shape index (κ3) is 4.06. The number of methoxy groups -OCH3 is 1. The topological polar surface area (TPSA) is 79.3 Å². The molecule has 1 N–H and O–H groups in total. The van der Waals surface area contributed by atoms with Gasteiger partial charge in [-0.3, -0.25) is 0 Å². The number of nitrogens with one attached hydrogen (secondary N) is 1. The van der Waals surface area contributed by atoms with Gasteiger partial charge in [0.1, 0.15) is 24.2 Å². The maximum Gasteiger partial charge on any atom is 0.228 e. The Bertz CT molecular complexity index is 1200. The Kier molecular flexibility index (Phi) is 5.21. The summed E-state index contributed by atoms with van der Waals surface area (Å²) >= 11 is 1.52. The highest BCUT2D eigenvalue weighted by Crippen LogP contribution is 2.34. The van der Waals surface area contributed by atoms with Crippen molar-refractivity contribution in [1.29, 1.82) is 0 Å². The van der Waals surface area contributed by atoms with Gasteiger partial charge >= 0.3 is 0 Å². The number of aromatic nitrogens is 4. The third-order valence-electron chi connectivity index (χ3n) is 5.18. The van der Waals surface area contributed by atoms with Crippen molar-refractivity contribution in [1.82, 2.24) is 19.9 Å². The molecule has 1 aliphatic heterocycles. The molecule has 0 atom stereocenters. The summed E-state index contributed by atoms with van der Waals surface area (Å²) in [6.45, 7) is 3.41. The number of anilines is 4. The fourth-order valence-electron chi connectivity index (χ4n) is 3.62. The van der Waals surface area contributed by atoms with Crippen LogP contribution in [0.4, 0.5) is 26.8 Å². The molecule has 5 rings (SSSR count). The number of halogens is 1. The van der Waals surface area contributed by atoms with Crippen molar-refractivity contribution in [2.45, 2.75) is 0 Å². The average Bonchev–Trinajstić information content (AvgIpc) is 3.21. The van der Waals surface area contributed by atoms with E-state index in [0.29, 0.717) is 22.5 Å². The molecule has 1 saturated heterocycles. The van der Waals surface area contributed by atoms with Crippen LogP contribution in [0.1, 0.15) is 0 Å². The molecule has 1 fully saturated rings. The molecule has 4 aromatic rings. The molecule has 158 valence electrons. The molecule has 0 bridgehead atoms. The van der Waals surface area contributed by atoms with Crippen LogP contribution < -0.4 is 19.9 Å². The van der Waals surface area contributed by atoms with Gasteiger partial charge in [-0.25, -0.2) is 24.3 Å². The van der Waals surface area contributed by atoms with Gasteiger partial charge in [-0.15, -0.1) is 0 Å². The maximum absolute atomic E-state index is 13.7. The zero-order valence-corrected chi connectivity index (χ0v) is 17.6. The monoisotopic (exact) mass is 437 g/mol. The van der Waals surface area contributed by atoms with Crippen LogP contribution in [0.25, 0.3) is 10.2 Å². The second-order valence-electron chi connectivity index (χ2n) is 7.05. The van der Waals surface area contributed by atoms with Crippen molar-refractivity contribution < 1.29 is 9.13 Å². The molecule has 2 aromatic carbocycles. The Hall–Kier alpha value is -3.53. The third-order valence-corrected chi connectivity index (χ3v) is 6.13. The fourth-order valence-corrected chi connectivity index (χ4v) is 4.48. The standard InChI is InChI=1S/C21H20FN7OS/c1-30-18-4-2-14(22)10-16(18)26-21-27-17-11-15(3-5-19(17)31-21)28-6-8-29(9-7-28)20-24-12-23-13-25-20/h2-5,10-13H,6-9H2,1H3,(H,26,27). The van der Waals surface area contributed by atoms with Crippen LogP contribution in [0, 0.1) is 5.82 Å². The van der Waals surface area contributed by atoms with Gasteiger partial charge in [0.2, 0.25) is 5.95 Å². The molecule has 3 heterocycles. The minimum Gasteiger partial charge on any atom is -0.495 e. The number of nitrogens with zero attached hydrogens (tertiary/aromatic N) is 6. The molecule has 2 aromatic heterocycles. The van der Waals surface area contributed by atoms with Crippen molar-refractivity contribution in [2.24, 2.45) is 0 Å². The zero-order valence-electron chi connectivity index (χ0n) is 16.8. The first kappa shape index (κ1) is 19.4. The lowest BCUT2D eigenvalue weighted by molar-refractivity contribution is 0.416. The highest BCUT2D eigenvalue weighted by Gasteiger charge is 2.20. The number of ether oxygens (including phenoxy) is 1. The SMILES string of the molecule is COc1ccc(F)cc1Nc1nc2cc(N3CCN(c4ncncn4)CC3)ccc2s1. The molecule has 0 unspecified atom stereocenters. The first-order chi connectivity index (χ1) is 15.2. The van der Waals surface area contributed by atoms with Gasteiger partial charge in [0.25, 0.3) is 0 Å². The number of fused-ring (bicyclic) bond motifs is 1. The lowest BCUT2D eigenvalue weighted by atomic mass is 10.2. The van der Waals surface area contributed by atoms with Crippen LogP contribution in [-0.2, 0) is 0 Å². The Morgan fingerprint density at radius 3 is 2.55 bits per heavy atom. The van der Waals surface area contributed by atoms with E-state index in [0.717, 1.165) is 42.1 Å². The summed E-state index contributed by atoms with van der Waals surface area (Å²) in [5, 5.41) is 3.87. The number of piperazine rings is 1. The smallest absolute Gasteiger partial charge is 0.228 e. The summed E-state index contributed by atoms with van der Waals surface area (Å²) in [4.78, 5) is 21.5. The van der Waals surface area contributed by atoms with Gasteiger partial charge in [0.05, 0.1) is 23.0 Å². The normalized spacial score (nSPS) is 14.1. The number of hydrogen-bond acceptors (Lipinski definition) is 9. The van der Waals surface area contributed by atoms with E-state index in [9.17, 15) is 4.39 Å². The summed E-state index contributed by atoms with van der Waals surface area (Å²) in [5.74, 6) is 0.952. The number of thiazole rings is 1. The number of benzene rings is 2. The zero-order chi connectivity index (χ0) is 21.2. The molecule has 31 heavy (non-hydrogen) atoms. The molecule has 0 aliphatic carbocycles. The summed E-state index contributed by atoms with van der Waals surface area (Å²) in [5.41, 5.74) is 2.58. The van der Waals surface area contributed by atoms with E-state index >= 15 is 0 Å². The summed E-state index contributed by atoms with van der Waals surface area (Å²) in [6, 6.07) is 10.7. The van der Waals surface area contributed by atoms with Crippen LogP contribution >= 0.6 is 11.3 Å². The van der Waals surface area contributed by atoms with Gasteiger partial charge in [0, 0.05) is 37.9 Å². The quantitative estimate of drug-likeness (QED) is 0.506. The van der Waals surface area contributed by atoms with Crippen molar-refractivity contribution in [3.8, 4) is 5.75 Å². The molecule has 8 nitrogen and oxygen atoms in total. The van der Waals surface area contributed by atoms with Crippen LogP contribution in [-0.4, -0.2) is 53.2 Å². The van der Waals surface area contributed by atoms with Crippen LogP contribution in [0.3, 0.4) is 0 Å². The summed E-state index contributed by atoms with van der Waals surface area (Å²) in [6.07, 6.45) is 3.05. The van der Waals surface area contributed by atoms with Gasteiger partial charge in [-0.1, -0.05) is 11.3 Å². The van der Waals surface area contributed by atoms with Crippen molar-refractivity contribution in [3.05, 3.63) is 54.9 Å². The molecule has 0 radical (unpaired) electrons. The fraction of sp³-hybridized carbons (Fsp3) is 0.238. The van der Waals surface area contributed by atoms with E-state index in [1.807, 2.05) is 0 Å². The lowest BCUT2D eigenvalue weighted by Crippen LogP contribution is -2.47. The van der Waals surface area contributed by atoms with E-state index in [-0.39, 0.29) is 5.82 Å². The molecule has 0 spiro atoms. The number of rotatable bonds is 5. The Balaban J connectivity index is 1.32. The Morgan fingerprint density at radius 2 is 1.77 bits per heavy atom. The molecular formula is C21H20FN7OS. The predicted octanol–water partition coefficient (Wildman–Crippen LogP) is 3.70. The van der Waals surface area contributed by atoms with E-state index < -0.39 is 0 Å². The van der Waals surface area contributed by atoms with Crippen LogP contribution in [0.2, 0.25) is 0 Å². The lowest BCUT2D eigenvalue weighted by Gasteiger charge is -2.35. The minimum atomic E-state index is -0.331. The Morgan fingerprint density at radius 1 is 1.00 bits per heavy atom. The van der Waals surface area contributed by atoms with Crippen LogP contribution in [0.15, 0.2) is 49.1 Å². The minimum absolute atomic E-state index is 0.331. The molecular weight excluding hydrogens is 417 g/mol.